The van der Waals surface area contributed by atoms with Gasteiger partial charge in [-0.1, -0.05) is 36.8 Å². The number of thiophene rings is 1. The number of rotatable bonds is 8. The number of ether oxygens (including phenoxy) is 2. The summed E-state index contributed by atoms with van der Waals surface area (Å²) in [5, 5.41) is 6.81. The highest BCUT2D eigenvalue weighted by Gasteiger charge is 2.30. The van der Waals surface area contributed by atoms with Crippen LogP contribution in [-0.2, 0) is 33.8 Å². The number of anilines is 1. The average molecular weight is 534 g/mol. The highest BCUT2D eigenvalue weighted by Crippen LogP contribution is 2.40. The largest absolute Gasteiger partial charge is 0.489 e. The zero-order chi connectivity index (χ0) is 27.1. The normalized spacial score (nSPS) is 14.6. The number of hydrazone groups is 1. The van der Waals surface area contributed by atoms with Crippen molar-refractivity contribution in [1.82, 2.24) is 5.43 Å². The molecule has 1 heterocycles. The number of carbonyl (C=O) groups is 3. The van der Waals surface area contributed by atoms with E-state index in [9.17, 15) is 14.4 Å². The molecule has 1 aromatic heterocycles. The molecule has 0 spiro atoms. The standard InChI is InChI=1S/C29H31N3O5S/c1-4-36-29(35)25-23-14-7-19(3)15-24(23)38-28(25)31-26(33)27(34)32-30-16-20-10-12-22(13-11-20)37-17-21-8-5-18(2)6-9-21/h5-6,8-13,16,19H,4,7,14-15,17H2,1-3H3,(H,31,33)(H,32,34)/b30-16-/t19-/m1/s1. The maximum Gasteiger partial charge on any atom is 0.341 e. The minimum Gasteiger partial charge on any atom is -0.489 e. The van der Waals surface area contributed by atoms with Crippen LogP contribution < -0.4 is 15.5 Å². The quantitative estimate of drug-likeness (QED) is 0.183. The summed E-state index contributed by atoms with van der Waals surface area (Å²) in [6.45, 7) is 6.61. The van der Waals surface area contributed by atoms with E-state index in [4.69, 9.17) is 9.47 Å². The summed E-state index contributed by atoms with van der Waals surface area (Å²) < 4.78 is 11.0. The van der Waals surface area contributed by atoms with E-state index in [0.29, 0.717) is 28.8 Å². The molecule has 38 heavy (non-hydrogen) atoms. The molecular formula is C29H31N3O5S. The molecule has 2 aromatic carbocycles. The van der Waals surface area contributed by atoms with Gasteiger partial charge in [0.25, 0.3) is 0 Å². The van der Waals surface area contributed by atoms with Crippen molar-refractivity contribution in [3.63, 3.8) is 0 Å². The lowest BCUT2D eigenvalue weighted by molar-refractivity contribution is -0.136. The molecule has 0 unspecified atom stereocenters. The molecule has 9 heteroatoms. The van der Waals surface area contributed by atoms with Gasteiger partial charge in [-0.25, -0.2) is 10.2 Å². The Bertz CT molecular complexity index is 1330. The van der Waals surface area contributed by atoms with Gasteiger partial charge < -0.3 is 14.8 Å². The summed E-state index contributed by atoms with van der Waals surface area (Å²) in [5.74, 6) is -1.13. The van der Waals surface area contributed by atoms with Gasteiger partial charge in [-0.3, -0.25) is 9.59 Å². The van der Waals surface area contributed by atoms with Gasteiger partial charge in [0.05, 0.1) is 18.4 Å². The van der Waals surface area contributed by atoms with Gasteiger partial charge >= 0.3 is 17.8 Å². The number of nitrogens with one attached hydrogen (secondary N) is 2. The third-order valence-corrected chi connectivity index (χ3v) is 7.38. The highest BCUT2D eigenvalue weighted by atomic mass is 32.1. The first-order valence-corrected chi connectivity index (χ1v) is 13.4. The smallest absolute Gasteiger partial charge is 0.341 e. The van der Waals surface area contributed by atoms with Crippen LogP contribution in [0.25, 0.3) is 0 Å². The van der Waals surface area contributed by atoms with Crippen molar-refractivity contribution in [2.75, 3.05) is 11.9 Å². The molecule has 0 fully saturated rings. The summed E-state index contributed by atoms with van der Waals surface area (Å²) in [7, 11) is 0. The number of hydrogen-bond donors (Lipinski definition) is 2. The van der Waals surface area contributed by atoms with Crippen molar-refractivity contribution in [2.45, 2.75) is 46.6 Å². The van der Waals surface area contributed by atoms with Gasteiger partial charge in [-0.05, 0) is 80.0 Å². The Morgan fingerprint density at radius 1 is 1.08 bits per heavy atom. The Hall–Kier alpha value is -3.98. The van der Waals surface area contributed by atoms with Crippen molar-refractivity contribution >= 4 is 40.3 Å². The van der Waals surface area contributed by atoms with Crippen molar-refractivity contribution in [2.24, 2.45) is 11.0 Å². The molecule has 1 atom stereocenters. The second kappa shape index (κ2) is 12.5. The number of esters is 1. The maximum atomic E-state index is 12.6. The maximum absolute atomic E-state index is 12.6. The summed E-state index contributed by atoms with van der Waals surface area (Å²) in [5.41, 5.74) is 6.49. The molecule has 4 rings (SSSR count). The Balaban J connectivity index is 1.32. The van der Waals surface area contributed by atoms with Crippen LogP contribution in [-0.4, -0.2) is 30.6 Å². The van der Waals surface area contributed by atoms with Crippen LogP contribution in [0.2, 0.25) is 0 Å². The van der Waals surface area contributed by atoms with Crippen molar-refractivity contribution in [3.8, 4) is 5.75 Å². The second-order valence-electron chi connectivity index (χ2n) is 9.27. The molecule has 0 bridgehead atoms. The molecule has 1 aliphatic carbocycles. The van der Waals surface area contributed by atoms with Crippen LogP contribution in [0.3, 0.4) is 0 Å². The monoisotopic (exact) mass is 533 g/mol. The van der Waals surface area contributed by atoms with Crippen molar-refractivity contribution in [3.05, 3.63) is 81.2 Å². The summed E-state index contributed by atoms with van der Waals surface area (Å²) >= 11 is 1.33. The first kappa shape index (κ1) is 27.1. The predicted molar refractivity (Wildman–Crippen MR) is 148 cm³/mol. The van der Waals surface area contributed by atoms with Crippen LogP contribution >= 0.6 is 11.3 Å². The molecule has 1 aliphatic rings. The minimum atomic E-state index is -0.936. The summed E-state index contributed by atoms with van der Waals surface area (Å²) in [6.07, 6.45) is 3.96. The second-order valence-corrected chi connectivity index (χ2v) is 10.4. The number of aryl methyl sites for hydroxylation is 1. The third-order valence-electron chi connectivity index (χ3n) is 6.21. The van der Waals surface area contributed by atoms with Gasteiger partial charge in [0.2, 0.25) is 0 Å². The van der Waals surface area contributed by atoms with Crippen LogP contribution in [0, 0.1) is 12.8 Å². The molecule has 3 aromatic rings. The van der Waals surface area contributed by atoms with Crippen LogP contribution in [0.4, 0.5) is 5.00 Å². The van der Waals surface area contributed by atoms with Gasteiger partial charge in [-0.2, -0.15) is 5.10 Å². The lowest BCUT2D eigenvalue weighted by atomic mass is 9.88. The molecule has 198 valence electrons. The molecule has 8 nitrogen and oxygen atoms in total. The van der Waals surface area contributed by atoms with E-state index >= 15 is 0 Å². The average Bonchev–Trinajstić information content (AvgIpc) is 3.26. The van der Waals surface area contributed by atoms with E-state index in [1.165, 1.54) is 23.1 Å². The zero-order valence-corrected chi connectivity index (χ0v) is 22.5. The van der Waals surface area contributed by atoms with E-state index in [-0.39, 0.29) is 6.61 Å². The Kier molecular flexibility index (Phi) is 8.91. The fourth-order valence-electron chi connectivity index (χ4n) is 4.14. The number of nitrogens with zero attached hydrogens (tertiary/aromatic N) is 1. The molecule has 0 saturated heterocycles. The van der Waals surface area contributed by atoms with Gasteiger partial charge in [-0.15, -0.1) is 11.3 Å². The fraction of sp³-hybridized carbons (Fsp3) is 0.310. The molecule has 2 N–H and O–H groups in total. The van der Waals surface area contributed by atoms with E-state index in [1.807, 2.05) is 31.2 Å². The molecule has 2 amide bonds. The SMILES string of the molecule is CCOC(=O)c1c(NC(=O)C(=O)N/N=C\c2ccc(OCc3ccc(C)cc3)cc2)sc2c1CC[C@@H](C)C2. The van der Waals surface area contributed by atoms with Gasteiger partial charge in [0, 0.05) is 4.88 Å². The zero-order valence-electron chi connectivity index (χ0n) is 21.7. The third kappa shape index (κ3) is 6.86. The van der Waals surface area contributed by atoms with Gasteiger partial charge in [0.15, 0.2) is 0 Å². The van der Waals surface area contributed by atoms with E-state index in [0.717, 1.165) is 40.8 Å². The fourth-order valence-corrected chi connectivity index (χ4v) is 5.53. The van der Waals surface area contributed by atoms with E-state index in [2.05, 4.69) is 22.8 Å². The highest BCUT2D eigenvalue weighted by molar-refractivity contribution is 7.17. The number of hydrogen-bond acceptors (Lipinski definition) is 7. The summed E-state index contributed by atoms with van der Waals surface area (Å²) in [4.78, 5) is 38.6. The van der Waals surface area contributed by atoms with Crippen LogP contribution in [0.1, 0.15) is 57.8 Å². The lowest BCUT2D eigenvalue weighted by Gasteiger charge is -2.18. The number of fused-ring (bicyclic) bond motifs is 1. The number of amides is 2. The number of carbonyl (C=O) groups excluding carboxylic acids is 3. The Morgan fingerprint density at radius 2 is 1.82 bits per heavy atom. The number of benzene rings is 2. The van der Waals surface area contributed by atoms with Gasteiger partial charge in [0.1, 0.15) is 17.4 Å². The Morgan fingerprint density at radius 3 is 2.53 bits per heavy atom. The molecule has 0 radical (unpaired) electrons. The van der Waals surface area contributed by atoms with Crippen LogP contribution in [0.15, 0.2) is 53.6 Å². The molecule has 0 saturated carbocycles. The van der Waals surface area contributed by atoms with Crippen molar-refractivity contribution < 1.29 is 23.9 Å². The first-order chi connectivity index (χ1) is 18.3. The predicted octanol–water partition coefficient (Wildman–Crippen LogP) is 5.03. The van der Waals surface area contributed by atoms with Crippen molar-refractivity contribution in [1.29, 1.82) is 0 Å². The Labute approximate surface area is 226 Å². The lowest BCUT2D eigenvalue weighted by Crippen LogP contribution is -2.32. The molecular weight excluding hydrogens is 502 g/mol. The summed E-state index contributed by atoms with van der Waals surface area (Å²) in [6, 6.07) is 15.3. The topological polar surface area (TPSA) is 106 Å². The van der Waals surface area contributed by atoms with Crippen LogP contribution in [0.5, 0.6) is 5.75 Å². The minimum absolute atomic E-state index is 0.224. The van der Waals surface area contributed by atoms with E-state index < -0.39 is 17.8 Å². The van der Waals surface area contributed by atoms with E-state index in [1.54, 1.807) is 31.2 Å². The molecule has 0 aliphatic heterocycles. The first-order valence-electron chi connectivity index (χ1n) is 12.6.